The van der Waals surface area contributed by atoms with Crippen LogP contribution in [0.15, 0.2) is 60.8 Å². The largest absolute Gasteiger partial charge is 0.491 e. The van der Waals surface area contributed by atoms with Crippen molar-refractivity contribution in [3.05, 3.63) is 60.8 Å². The lowest BCUT2D eigenvalue weighted by Crippen LogP contribution is -2.08. The third kappa shape index (κ3) is 5.61. The Morgan fingerprint density at radius 2 is 1.50 bits per heavy atom. The van der Waals surface area contributed by atoms with E-state index in [4.69, 9.17) is 9.47 Å². The first-order valence-electron chi connectivity index (χ1n) is 9.39. The first-order chi connectivity index (χ1) is 13.5. The van der Waals surface area contributed by atoms with E-state index >= 15 is 0 Å². The molecule has 0 aliphatic rings. The molecule has 28 heavy (non-hydrogen) atoms. The Bertz CT molecular complexity index is 895. The minimum absolute atomic E-state index is 0.0909. The summed E-state index contributed by atoms with van der Waals surface area (Å²) in [5.41, 5.74) is 1.74. The van der Waals surface area contributed by atoms with E-state index in [1.54, 1.807) is 6.20 Å². The van der Waals surface area contributed by atoms with Crippen LogP contribution in [0.3, 0.4) is 0 Å². The zero-order valence-electron chi connectivity index (χ0n) is 16.6. The molecule has 0 saturated carbocycles. The van der Waals surface area contributed by atoms with E-state index in [0.717, 1.165) is 22.9 Å². The summed E-state index contributed by atoms with van der Waals surface area (Å²) in [4.78, 5) is 8.83. The molecule has 1 aromatic heterocycles. The van der Waals surface area contributed by atoms with Gasteiger partial charge in [0.2, 0.25) is 5.95 Å². The Balaban J connectivity index is 1.71. The van der Waals surface area contributed by atoms with Crippen molar-refractivity contribution in [1.82, 2.24) is 9.97 Å². The molecule has 0 saturated heterocycles. The van der Waals surface area contributed by atoms with Gasteiger partial charge in [0.15, 0.2) is 0 Å². The maximum atomic E-state index is 5.85. The maximum Gasteiger partial charge on any atom is 0.229 e. The van der Waals surface area contributed by atoms with Crippen LogP contribution in [0.1, 0.15) is 27.7 Å². The van der Waals surface area contributed by atoms with E-state index in [0.29, 0.717) is 11.8 Å². The third-order valence-corrected chi connectivity index (χ3v) is 3.65. The predicted molar refractivity (Wildman–Crippen MR) is 113 cm³/mol. The molecule has 6 heteroatoms. The van der Waals surface area contributed by atoms with Gasteiger partial charge in [-0.2, -0.15) is 4.98 Å². The first-order valence-corrected chi connectivity index (χ1v) is 9.39. The molecule has 0 aliphatic heterocycles. The molecule has 2 aromatic carbocycles. The molecule has 2 N–H and O–H groups in total. The molecule has 1 heterocycles. The highest BCUT2D eigenvalue weighted by molar-refractivity contribution is 5.65. The Labute approximate surface area is 166 Å². The van der Waals surface area contributed by atoms with Crippen LogP contribution < -0.4 is 20.1 Å². The Hall–Kier alpha value is -3.28. The molecule has 0 fully saturated rings. The lowest BCUT2D eigenvalue weighted by molar-refractivity contribution is 0.242. The Kier molecular flexibility index (Phi) is 6.32. The van der Waals surface area contributed by atoms with E-state index < -0.39 is 0 Å². The van der Waals surface area contributed by atoms with Crippen LogP contribution in [0, 0.1) is 0 Å². The summed E-state index contributed by atoms with van der Waals surface area (Å²) in [6, 6.07) is 17.3. The summed E-state index contributed by atoms with van der Waals surface area (Å²) < 4.78 is 11.5. The second kappa shape index (κ2) is 9.08. The molecular weight excluding hydrogens is 352 g/mol. The lowest BCUT2D eigenvalue weighted by atomic mass is 10.3. The highest BCUT2D eigenvalue weighted by Crippen LogP contribution is 2.28. The standard InChI is InChI=1S/C22H26N4O2/c1-15(2)27-18-11-9-17(10-12-18)24-22-23-14-13-21(26-22)25-19-7-5-6-8-20(19)28-16(3)4/h5-16H,1-4H3,(H2,23,24,25,26). The number of nitrogens with zero attached hydrogens (tertiary/aromatic N) is 2. The third-order valence-electron chi connectivity index (χ3n) is 3.65. The van der Waals surface area contributed by atoms with Gasteiger partial charge < -0.3 is 20.1 Å². The van der Waals surface area contributed by atoms with E-state index in [2.05, 4.69) is 20.6 Å². The zero-order valence-corrected chi connectivity index (χ0v) is 16.6. The van der Waals surface area contributed by atoms with Crippen molar-refractivity contribution in [3.63, 3.8) is 0 Å². The maximum absolute atomic E-state index is 5.85. The van der Waals surface area contributed by atoms with Crippen LogP contribution >= 0.6 is 0 Å². The SMILES string of the molecule is CC(C)Oc1ccc(Nc2nccc(Nc3ccccc3OC(C)C)n2)cc1. The van der Waals surface area contributed by atoms with Gasteiger partial charge >= 0.3 is 0 Å². The van der Waals surface area contributed by atoms with E-state index in [1.165, 1.54) is 0 Å². The summed E-state index contributed by atoms with van der Waals surface area (Å²) in [7, 11) is 0. The van der Waals surface area contributed by atoms with Gasteiger partial charge in [0.05, 0.1) is 17.9 Å². The molecule has 0 unspecified atom stereocenters. The van der Waals surface area contributed by atoms with Crippen molar-refractivity contribution in [2.24, 2.45) is 0 Å². The number of aromatic nitrogens is 2. The van der Waals surface area contributed by atoms with Crippen LogP contribution in [0.5, 0.6) is 11.5 Å². The Morgan fingerprint density at radius 1 is 0.786 bits per heavy atom. The fourth-order valence-electron chi connectivity index (χ4n) is 2.57. The smallest absolute Gasteiger partial charge is 0.229 e. The second-order valence-electron chi connectivity index (χ2n) is 6.87. The van der Waals surface area contributed by atoms with Gasteiger partial charge in [-0.1, -0.05) is 12.1 Å². The minimum Gasteiger partial charge on any atom is -0.491 e. The topological polar surface area (TPSA) is 68.3 Å². The minimum atomic E-state index is 0.0909. The summed E-state index contributed by atoms with van der Waals surface area (Å²) in [6.45, 7) is 8.01. The van der Waals surface area contributed by atoms with Crippen LogP contribution in [0.25, 0.3) is 0 Å². The molecule has 0 atom stereocenters. The zero-order chi connectivity index (χ0) is 19.9. The molecule has 3 aromatic rings. The van der Waals surface area contributed by atoms with Crippen molar-refractivity contribution in [1.29, 1.82) is 0 Å². The summed E-state index contributed by atoms with van der Waals surface area (Å²) >= 11 is 0. The number of para-hydroxylation sites is 2. The highest BCUT2D eigenvalue weighted by atomic mass is 16.5. The molecule has 146 valence electrons. The van der Waals surface area contributed by atoms with E-state index in [-0.39, 0.29) is 12.2 Å². The highest BCUT2D eigenvalue weighted by Gasteiger charge is 2.07. The van der Waals surface area contributed by atoms with Crippen LogP contribution in [-0.2, 0) is 0 Å². The molecule has 0 amide bonds. The predicted octanol–water partition coefficient (Wildman–Crippen LogP) is 5.54. The van der Waals surface area contributed by atoms with Gasteiger partial charge in [-0.25, -0.2) is 4.98 Å². The fourth-order valence-corrected chi connectivity index (χ4v) is 2.57. The monoisotopic (exact) mass is 378 g/mol. The number of nitrogens with one attached hydrogen (secondary N) is 2. The normalized spacial score (nSPS) is 10.8. The molecule has 0 aliphatic carbocycles. The van der Waals surface area contributed by atoms with Crippen LogP contribution in [-0.4, -0.2) is 22.2 Å². The van der Waals surface area contributed by atoms with Crippen molar-refractivity contribution >= 4 is 23.1 Å². The average Bonchev–Trinajstić information content (AvgIpc) is 2.64. The van der Waals surface area contributed by atoms with Gasteiger partial charge in [0.25, 0.3) is 0 Å². The molecular formula is C22H26N4O2. The summed E-state index contributed by atoms with van der Waals surface area (Å²) in [5.74, 6) is 2.80. The van der Waals surface area contributed by atoms with Gasteiger partial charge in [-0.05, 0) is 70.2 Å². The molecule has 3 rings (SSSR count). The Morgan fingerprint density at radius 3 is 2.21 bits per heavy atom. The van der Waals surface area contributed by atoms with Crippen molar-refractivity contribution in [2.75, 3.05) is 10.6 Å². The van der Waals surface area contributed by atoms with Gasteiger partial charge in [0.1, 0.15) is 17.3 Å². The molecule has 0 spiro atoms. The van der Waals surface area contributed by atoms with Crippen LogP contribution in [0.4, 0.5) is 23.1 Å². The average molecular weight is 378 g/mol. The quantitative estimate of drug-likeness (QED) is 0.536. The number of hydrogen-bond acceptors (Lipinski definition) is 6. The van der Waals surface area contributed by atoms with E-state index in [1.807, 2.05) is 82.3 Å². The van der Waals surface area contributed by atoms with Crippen LogP contribution in [0.2, 0.25) is 0 Å². The first kappa shape index (κ1) is 19.5. The molecule has 0 bridgehead atoms. The number of hydrogen-bond donors (Lipinski definition) is 2. The molecule has 6 nitrogen and oxygen atoms in total. The second-order valence-corrected chi connectivity index (χ2v) is 6.87. The lowest BCUT2D eigenvalue weighted by Gasteiger charge is -2.15. The fraction of sp³-hybridized carbons (Fsp3) is 0.273. The van der Waals surface area contributed by atoms with Crippen molar-refractivity contribution in [3.8, 4) is 11.5 Å². The van der Waals surface area contributed by atoms with Crippen molar-refractivity contribution in [2.45, 2.75) is 39.9 Å². The number of rotatable bonds is 8. The summed E-state index contributed by atoms with van der Waals surface area (Å²) in [5, 5.41) is 6.51. The number of anilines is 4. The van der Waals surface area contributed by atoms with Gasteiger partial charge in [-0.3, -0.25) is 0 Å². The number of ether oxygens (including phenoxy) is 2. The van der Waals surface area contributed by atoms with Crippen molar-refractivity contribution < 1.29 is 9.47 Å². The number of benzene rings is 2. The van der Waals surface area contributed by atoms with E-state index in [9.17, 15) is 0 Å². The summed E-state index contributed by atoms with van der Waals surface area (Å²) in [6.07, 6.45) is 1.94. The van der Waals surface area contributed by atoms with Gasteiger partial charge in [-0.15, -0.1) is 0 Å². The molecule has 0 radical (unpaired) electrons. The van der Waals surface area contributed by atoms with Gasteiger partial charge in [0, 0.05) is 11.9 Å².